The first-order chi connectivity index (χ1) is 3.89. The van der Waals surface area contributed by atoms with Crippen molar-refractivity contribution in [1.82, 2.24) is 0 Å². The number of rotatable bonds is 2. The van der Waals surface area contributed by atoms with Crippen LogP contribution in [0.3, 0.4) is 0 Å². The van der Waals surface area contributed by atoms with Crippen LogP contribution in [0.5, 0.6) is 0 Å². The molecule has 52 valence electrons. The maximum Gasteiger partial charge on any atom is 0.547 e. The number of hydrogen-bond acceptors (Lipinski definition) is 4. The third kappa shape index (κ3) is 1.71. The zero-order valence-electron chi connectivity index (χ0n) is 4.57. The van der Waals surface area contributed by atoms with Gasteiger partial charge in [0.2, 0.25) is 0 Å². The molecular formula is C3H5O5P. The molecule has 2 atom stereocenters. The Morgan fingerprint density at radius 3 is 2.11 bits per heavy atom. The van der Waals surface area contributed by atoms with Gasteiger partial charge >= 0.3 is 13.4 Å². The number of carbonyl (C=O) groups is 1. The molecule has 0 aliphatic rings. The van der Waals surface area contributed by atoms with E-state index in [0.29, 0.717) is 6.92 Å². The molecule has 0 aromatic rings. The Morgan fingerprint density at radius 2 is 2.11 bits per heavy atom. The Balaban J connectivity index is 4.38. The van der Waals surface area contributed by atoms with Crippen molar-refractivity contribution in [3.05, 3.63) is 0 Å². The van der Waals surface area contributed by atoms with Crippen molar-refractivity contribution in [2.75, 3.05) is 0 Å². The van der Waals surface area contributed by atoms with Crippen molar-refractivity contribution in [2.45, 2.75) is 12.3 Å². The standard InChI is InChI=1S/C3H5O5P/c1-3(6,2(4)5)9(7)8/h6H,1H3,(H-,4,5,7,8). The van der Waals surface area contributed by atoms with E-state index in [0.717, 1.165) is 0 Å². The molecule has 2 unspecified atom stereocenters. The van der Waals surface area contributed by atoms with Gasteiger partial charge in [0, 0.05) is 6.92 Å². The van der Waals surface area contributed by atoms with Crippen LogP contribution < -0.4 is 5.11 Å². The van der Waals surface area contributed by atoms with Gasteiger partial charge in [-0.2, -0.15) is 4.89 Å². The minimum atomic E-state index is -3.14. The largest absolute Gasteiger partial charge is 0.547 e. The average molecular weight is 152 g/mol. The predicted octanol–water partition coefficient (Wildman–Crippen LogP) is -1.82. The molecule has 0 aliphatic carbocycles. The molecule has 0 fully saturated rings. The molecule has 0 heterocycles. The number of aliphatic carboxylic acids is 1. The summed E-state index contributed by atoms with van der Waals surface area (Å²) >= 11 is 0. The van der Waals surface area contributed by atoms with E-state index in [-0.39, 0.29) is 0 Å². The van der Waals surface area contributed by atoms with Crippen molar-refractivity contribution in [3.8, 4) is 0 Å². The van der Waals surface area contributed by atoms with Gasteiger partial charge in [0.15, 0.2) is 0 Å². The number of aliphatic hydroxyl groups is 1. The molecule has 6 heteroatoms. The smallest absolute Gasteiger partial charge is 0.543 e. The molecule has 5 nitrogen and oxygen atoms in total. The van der Waals surface area contributed by atoms with Crippen LogP contribution in [0.15, 0.2) is 0 Å². The van der Waals surface area contributed by atoms with Crippen LogP contribution in [-0.4, -0.2) is 21.3 Å². The highest BCUT2D eigenvalue weighted by Crippen LogP contribution is 2.30. The van der Waals surface area contributed by atoms with Crippen molar-refractivity contribution in [2.24, 2.45) is 0 Å². The van der Waals surface area contributed by atoms with Crippen molar-refractivity contribution < 1.29 is 24.5 Å². The summed E-state index contributed by atoms with van der Waals surface area (Å²) in [4.78, 5) is 17.8. The molecule has 0 aromatic carbocycles. The van der Waals surface area contributed by atoms with Crippen molar-refractivity contribution in [3.63, 3.8) is 0 Å². The number of carbonyl (C=O) groups excluding carboxylic acids is 1. The van der Waals surface area contributed by atoms with Gasteiger partial charge in [-0.25, -0.2) is 0 Å². The summed E-state index contributed by atoms with van der Waals surface area (Å²) in [7, 11) is -3.14. The highest BCUT2D eigenvalue weighted by Gasteiger charge is 2.44. The molecule has 0 saturated heterocycles. The first kappa shape index (κ1) is 8.49. The van der Waals surface area contributed by atoms with E-state index in [9.17, 15) is 14.5 Å². The lowest BCUT2D eigenvalue weighted by Crippen LogP contribution is -2.43. The van der Waals surface area contributed by atoms with Crippen LogP contribution >= 0.6 is 8.03 Å². The molecule has 0 saturated carbocycles. The fraction of sp³-hybridized carbons (Fsp3) is 0.667. The Bertz CT molecular complexity index is 134. The molecule has 0 spiro atoms. The fourth-order valence-corrected chi connectivity index (χ4v) is 0.234. The molecule has 0 aliphatic heterocycles. The lowest BCUT2D eigenvalue weighted by molar-refractivity contribution is -0.317. The number of carboxylic acids is 1. The Morgan fingerprint density at radius 1 is 1.78 bits per heavy atom. The molecule has 0 radical (unpaired) electrons. The first-order valence-corrected chi connectivity index (χ1v) is 3.20. The van der Waals surface area contributed by atoms with Gasteiger partial charge in [0.1, 0.15) is 5.97 Å². The van der Waals surface area contributed by atoms with E-state index < -0.39 is 19.3 Å². The fourth-order valence-electron chi connectivity index (χ4n) is 0.0781. The SMILES string of the molecule is CC(O)(C(=O)[O-])[P+](=O)O. The Hall–Kier alpha value is -0.510. The van der Waals surface area contributed by atoms with E-state index >= 15 is 0 Å². The van der Waals surface area contributed by atoms with E-state index in [2.05, 4.69) is 0 Å². The van der Waals surface area contributed by atoms with E-state index in [4.69, 9.17) is 10.00 Å². The second-order valence-corrected chi connectivity index (χ2v) is 3.00. The Labute approximate surface area is 51.8 Å². The van der Waals surface area contributed by atoms with Crippen LogP contribution in [0, 0.1) is 0 Å². The second kappa shape index (κ2) is 2.39. The van der Waals surface area contributed by atoms with E-state index in [1.165, 1.54) is 0 Å². The molecule has 9 heavy (non-hydrogen) atoms. The van der Waals surface area contributed by atoms with Gasteiger partial charge < -0.3 is 15.0 Å². The third-order valence-corrected chi connectivity index (χ3v) is 1.69. The molecule has 0 amide bonds. The van der Waals surface area contributed by atoms with Gasteiger partial charge in [0.05, 0.1) is 0 Å². The molecule has 2 N–H and O–H groups in total. The van der Waals surface area contributed by atoms with E-state index in [1.807, 2.05) is 0 Å². The third-order valence-electron chi connectivity index (χ3n) is 0.759. The maximum atomic E-state index is 9.94. The summed E-state index contributed by atoms with van der Waals surface area (Å²) in [5.41, 5.74) is 0. The second-order valence-electron chi connectivity index (χ2n) is 1.58. The topological polar surface area (TPSA) is 97.7 Å². The van der Waals surface area contributed by atoms with Gasteiger partial charge in [0.25, 0.3) is 0 Å². The van der Waals surface area contributed by atoms with Crippen LogP contribution in [0.1, 0.15) is 6.92 Å². The minimum absolute atomic E-state index is 0.695. The van der Waals surface area contributed by atoms with Gasteiger partial charge in [-0.3, -0.25) is 0 Å². The van der Waals surface area contributed by atoms with Crippen LogP contribution in [0.4, 0.5) is 0 Å². The predicted molar refractivity (Wildman–Crippen MR) is 25.5 cm³/mol. The highest BCUT2D eigenvalue weighted by molar-refractivity contribution is 7.41. The monoisotopic (exact) mass is 152 g/mol. The summed E-state index contributed by atoms with van der Waals surface area (Å²) in [5, 5.41) is 15.6. The zero-order valence-corrected chi connectivity index (χ0v) is 5.46. The van der Waals surface area contributed by atoms with Gasteiger partial charge in [-0.1, -0.05) is 0 Å². The molecule has 0 rings (SSSR count). The summed E-state index contributed by atoms with van der Waals surface area (Å²) < 4.78 is 9.94. The highest BCUT2D eigenvalue weighted by atomic mass is 31.1. The molecule has 0 bridgehead atoms. The van der Waals surface area contributed by atoms with E-state index in [1.54, 1.807) is 0 Å². The van der Waals surface area contributed by atoms with Crippen molar-refractivity contribution >= 4 is 14.0 Å². The lowest BCUT2D eigenvalue weighted by Gasteiger charge is -2.08. The quantitative estimate of drug-likeness (QED) is 0.454. The summed E-state index contributed by atoms with van der Waals surface area (Å²) in [6, 6.07) is 0. The average Bonchev–Trinajstić information content (AvgIpc) is 1.65. The van der Waals surface area contributed by atoms with Crippen LogP contribution in [0.25, 0.3) is 0 Å². The Kier molecular flexibility index (Phi) is 2.25. The normalized spacial score (nSPS) is 18.3. The van der Waals surface area contributed by atoms with Gasteiger partial charge in [-0.15, -0.1) is 0 Å². The molecular weight excluding hydrogens is 147 g/mol. The van der Waals surface area contributed by atoms with Crippen molar-refractivity contribution in [1.29, 1.82) is 0 Å². The van der Waals surface area contributed by atoms with Gasteiger partial charge in [-0.05, 0) is 4.57 Å². The minimum Gasteiger partial charge on any atom is -0.543 e. The number of hydrogen-bond donors (Lipinski definition) is 2. The summed E-state index contributed by atoms with van der Waals surface area (Å²) in [6.07, 6.45) is 0. The molecule has 0 aromatic heterocycles. The first-order valence-electron chi connectivity index (χ1n) is 1.99. The number of carboxylic acid groups (broad SMARTS) is 1. The maximum absolute atomic E-state index is 9.94. The summed E-state index contributed by atoms with van der Waals surface area (Å²) in [5.74, 6) is -1.95. The zero-order chi connectivity index (χ0) is 7.65. The summed E-state index contributed by atoms with van der Waals surface area (Å²) in [6.45, 7) is 0.695. The lowest BCUT2D eigenvalue weighted by atomic mass is 10.4. The van der Waals surface area contributed by atoms with Crippen LogP contribution in [0.2, 0.25) is 0 Å². The van der Waals surface area contributed by atoms with Crippen LogP contribution in [-0.2, 0) is 9.36 Å².